The Labute approximate surface area is 192 Å². The van der Waals surface area contributed by atoms with Gasteiger partial charge in [-0.3, -0.25) is 4.79 Å². The first-order chi connectivity index (χ1) is 15.9. The van der Waals surface area contributed by atoms with Gasteiger partial charge in [-0.25, -0.2) is 9.59 Å². The lowest BCUT2D eigenvalue weighted by Crippen LogP contribution is -2.56. The van der Waals surface area contributed by atoms with Gasteiger partial charge in [0.1, 0.15) is 12.1 Å². The van der Waals surface area contributed by atoms with Crippen LogP contribution < -0.4 is 5.32 Å². The second-order valence-corrected chi connectivity index (χ2v) is 9.51. The van der Waals surface area contributed by atoms with E-state index in [4.69, 9.17) is 4.74 Å². The summed E-state index contributed by atoms with van der Waals surface area (Å²) in [6.45, 7) is 2.34. The molecule has 0 aromatic heterocycles. The molecule has 5 rings (SSSR count). The maximum Gasteiger partial charge on any atom is 0.407 e. The van der Waals surface area contributed by atoms with Crippen molar-refractivity contribution in [3.05, 3.63) is 59.7 Å². The van der Waals surface area contributed by atoms with Crippen molar-refractivity contribution in [2.45, 2.75) is 50.1 Å². The highest BCUT2D eigenvalue weighted by molar-refractivity contribution is 5.89. The molecule has 0 bridgehead atoms. The van der Waals surface area contributed by atoms with Crippen molar-refractivity contribution in [2.75, 3.05) is 13.2 Å². The average Bonchev–Trinajstić information content (AvgIpc) is 3.33. The van der Waals surface area contributed by atoms with Gasteiger partial charge in [0.25, 0.3) is 0 Å². The molecule has 1 atom stereocenters. The van der Waals surface area contributed by atoms with Gasteiger partial charge in [0, 0.05) is 24.4 Å². The maximum atomic E-state index is 12.8. The second kappa shape index (κ2) is 8.21. The lowest BCUT2D eigenvalue weighted by Gasteiger charge is -2.40. The number of likely N-dealkylation sites (tertiary alicyclic amines) is 1. The van der Waals surface area contributed by atoms with Crippen LogP contribution >= 0.6 is 0 Å². The number of hydrogen-bond acceptors (Lipinski definition) is 4. The lowest BCUT2D eigenvalue weighted by atomic mass is 9.78. The van der Waals surface area contributed by atoms with Crippen LogP contribution in [0.15, 0.2) is 48.5 Å². The van der Waals surface area contributed by atoms with Crippen LogP contribution in [0.5, 0.6) is 0 Å². The van der Waals surface area contributed by atoms with Gasteiger partial charge in [-0.1, -0.05) is 48.5 Å². The van der Waals surface area contributed by atoms with Crippen LogP contribution in [0.1, 0.15) is 49.7 Å². The third-order valence-corrected chi connectivity index (χ3v) is 7.52. The van der Waals surface area contributed by atoms with Gasteiger partial charge in [0.2, 0.25) is 5.91 Å². The largest absolute Gasteiger partial charge is 0.480 e. The predicted molar refractivity (Wildman–Crippen MR) is 122 cm³/mol. The number of alkyl carbamates (subject to hydrolysis) is 1. The second-order valence-electron chi connectivity index (χ2n) is 9.51. The van der Waals surface area contributed by atoms with Crippen molar-refractivity contribution in [1.29, 1.82) is 0 Å². The van der Waals surface area contributed by atoms with Crippen molar-refractivity contribution in [1.82, 2.24) is 10.2 Å². The molecule has 2 aromatic rings. The molecule has 2 amide bonds. The van der Waals surface area contributed by atoms with E-state index in [-0.39, 0.29) is 30.4 Å². The van der Waals surface area contributed by atoms with Crippen molar-refractivity contribution in [2.24, 2.45) is 5.92 Å². The summed E-state index contributed by atoms with van der Waals surface area (Å²) in [5, 5.41) is 12.4. The molecule has 1 heterocycles. The molecule has 33 heavy (non-hydrogen) atoms. The number of nitrogens with one attached hydrogen (secondary N) is 1. The Bertz CT molecular complexity index is 1060. The van der Waals surface area contributed by atoms with Crippen LogP contribution in [0.3, 0.4) is 0 Å². The normalized spacial score (nSPS) is 25.7. The standard InChI is InChI=1S/C26H28N2O5/c1-26(24(30)31)11-6-12-28(26)23(29)16-13-17(14-16)27-25(32)33-15-22-20-9-4-2-7-18(20)19-8-3-5-10-21(19)22/h2-5,7-10,16-17,22H,6,11-15H2,1H3,(H,27,32)(H,30,31)/t16?,17?,26-/m1/s1. The van der Waals surface area contributed by atoms with Gasteiger partial charge < -0.3 is 20.1 Å². The number of ether oxygens (including phenoxy) is 1. The fourth-order valence-corrected chi connectivity index (χ4v) is 5.50. The molecule has 172 valence electrons. The summed E-state index contributed by atoms with van der Waals surface area (Å²) in [5.41, 5.74) is 3.55. The number of carboxylic acids is 1. The van der Waals surface area contributed by atoms with Crippen molar-refractivity contribution < 1.29 is 24.2 Å². The zero-order valence-electron chi connectivity index (χ0n) is 18.6. The molecule has 0 radical (unpaired) electrons. The molecule has 1 saturated heterocycles. The molecule has 2 N–H and O–H groups in total. The minimum Gasteiger partial charge on any atom is -0.480 e. The highest BCUT2D eigenvalue weighted by atomic mass is 16.5. The quantitative estimate of drug-likeness (QED) is 0.726. The fourth-order valence-electron chi connectivity index (χ4n) is 5.50. The number of aliphatic carboxylic acids is 1. The molecule has 2 aromatic carbocycles. The van der Waals surface area contributed by atoms with Crippen molar-refractivity contribution >= 4 is 18.0 Å². The van der Waals surface area contributed by atoms with Crippen LogP contribution in [0.4, 0.5) is 4.79 Å². The predicted octanol–water partition coefficient (Wildman–Crippen LogP) is 3.77. The number of hydrogen-bond donors (Lipinski definition) is 2. The third-order valence-electron chi connectivity index (χ3n) is 7.52. The van der Waals surface area contributed by atoms with E-state index in [0.29, 0.717) is 32.2 Å². The molecule has 3 aliphatic rings. The van der Waals surface area contributed by atoms with E-state index in [1.807, 2.05) is 24.3 Å². The van der Waals surface area contributed by atoms with Crippen LogP contribution in [0.2, 0.25) is 0 Å². The summed E-state index contributed by atoms with van der Waals surface area (Å²) in [7, 11) is 0. The van der Waals surface area contributed by atoms with Crippen LogP contribution in [0, 0.1) is 5.92 Å². The van der Waals surface area contributed by atoms with E-state index >= 15 is 0 Å². The summed E-state index contributed by atoms with van der Waals surface area (Å²) in [6, 6.07) is 16.2. The third kappa shape index (κ3) is 3.65. The van der Waals surface area contributed by atoms with E-state index < -0.39 is 17.6 Å². The molecule has 2 aliphatic carbocycles. The Balaban J connectivity index is 1.14. The molecule has 2 fully saturated rings. The van der Waals surface area contributed by atoms with E-state index in [1.165, 1.54) is 16.0 Å². The first-order valence-electron chi connectivity index (χ1n) is 11.5. The van der Waals surface area contributed by atoms with Crippen LogP contribution in [0.25, 0.3) is 11.1 Å². The van der Waals surface area contributed by atoms with E-state index in [0.717, 1.165) is 11.1 Å². The number of carbonyl (C=O) groups excluding carboxylic acids is 2. The number of carbonyl (C=O) groups is 3. The average molecular weight is 449 g/mol. The maximum absolute atomic E-state index is 12.8. The molecular formula is C26H28N2O5. The molecular weight excluding hydrogens is 420 g/mol. The van der Waals surface area contributed by atoms with E-state index in [1.54, 1.807) is 6.92 Å². The summed E-state index contributed by atoms with van der Waals surface area (Å²) in [4.78, 5) is 38.4. The minimum atomic E-state index is -1.12. The molecule has 7 heteroatoms. The van der Waals surface area contributed by atoms with E-state index in [2.05, 4.69) is 29.6 Å². The Morgan fingerprint density at radius 2 is 1.67 bits per heavy atom. The summed E-state index contributed by atoms with van der Waals surface area (Å²) in [5.74, 6) is -1.33. The fraction of sp³-hybridized carbons (Fsp3) is 0.423. The van der Waals surface area contributed by atoms with Crippen LogP contribution in [-0.2, 0) is 14.3 Å². The highest BCUT2D eigenvalue weighted by Gasteiger charge is 2.49. The van der Waals surface area contributed by atoms with Gasteiger partial charge in [-0.15, -0.1) is 0 Å². The number of nitrogens with zero attached hydrogens (tertiary/aromatic N) is 1. The van der Waals surface area contributed by atoms with Gasteiger partial charge in [0.05, 0.1) is 0 Å². The van der Waals surface area contributed by atoms with Gasteiger partial charge in [0.15, 0.2) is 0 Å². The lowest BCUT2D eigenvalue weighted by molar-refractivity contribution is -0.158. The number of benzene rings is 2. The molecule has 0 unspecified atom stereocenters. The Hall–Kier alpha value is -3.35. The number of rotatable bonds is 5. The first-order valence-corrected chi connectivity index (χ1v) is 11.5. The number of amides is 2. The van der Waals surface area contributed by atoms with Crippen molar-refractivity contribution in [3.63, 3.8) is 0 Å². The number of fused-ring (bicyclic) bond motifs is 3. The van der Waals surface area contributed by atoms with Crippen molar-refractivity contribution in [3.8, 4) is 11.1 Å². The topological polar surface area (TPSA) is 95.9 Å². The minimum absolute atomic E-state index is 0.00253. The molecule has 1 saturated carbocycles. The molecule has 7 nitrogen and oxygen atoms in total. The Kier molecular flexibility index (Phi) is 5.35. The summed E-state index contributed by atoms with van der Waals surface area (Å²) < 4.78 is 5.58. The highest BCUT2D eigenvalue weighted by Crippen LogP contribution is 2.44. The smallest absolute Gasteiger partial charge is 0.407 e. The molecule has 1 aliphatic heterocycles. The Morgan fingerprint density at radius 1 is 1.06 bits per heavy atom. The Morgan fingerprint density at radius 3 is 2.27 bits per heavy atom. The SMILES string of the molecule is C[C@]1(C(=O)O)CCCN1C(=O)C1CC(NC(=O)OCC2c3ccccc3-c3ccccc32)C1. The van der Waals surface area contributed by atoms with Gasteiger partial charge in [-0.05, 0) is 54.9 Å². The van der Waals surface area contributed by atoms with Gasteiger partial charge >= 0.3 is 12.1 Å². The monoisotopic (exact) mass is 448 g/mol. The van der Waals surface area contributed by atoms with Gasteiger partial charge in [-0.2, -0.15) is 0 Å². The summed E-state index contributed by atoms with van der Waals surface area (Å²) >= 11 is 0. The van der Waals surface area contributed by atoms with Crippen LogP contribution in [-0.4, -0.2) is 52.7 Å². The summed E-state index contributed by atoms with van der Waals surface area (Å²) in [6.07, 6.45) is 1.71. The molecule has 0 spiro atoms. The van der Waals surface area contributed by atoms with E-state index in [9.17, 15) is 19.5 Å². The first kappa shape index (κ1) is 21.5. The zero-order valence-corrected chi connectivity index (χ0v) is 18.6. The number of carboxylic acid groups (broad SMARTS) is 1. The zero-order chi connectivity index (χ0) is 23.2.